The molecule has 2 saturated heterocycles. The van der Waals surface area contributed by atoms with Crippen molar-refractivity contribution in [1.82, 2.24) is 15.1 Å². The summed E-state index contributed by atoms with van der Waals surface area (Å²) in [6.07, 6.45) is 3.17. The third-order valence-corrected chi connectivity index (χ3v) is 4.23. The number of likely N-dealkylation sites (tertiary alicyclic amines) is 1. The zero-order valence-corrected chi connectivity index (χ0v) is 13.1. The summed E-state index contributed by atoms with van der Waals surface area (Å²) in [5.41, 5.74) is -0.830. The smallest absolute Gasteiger partial charge is 0.325 e. The van der Waals surface area contributed by atoms with Gasteiger partial charge in [0.1, 0.15) is 5.54 Å². The van der Waals surface area contributed by atoms with Crippen molar-refractivity contribution in [3.05, 3.63) is 0 Å². The molecule has 0 bridgehead atoms. The van der Waals surface area contributed by atoms with Crippen LogP contribution in [0.15, 0.2) is 0 Å². The highest BCUT2D eigenvalue weighted by Crippen LogP contribution is 2.19. The number of hydrogen-bond donors (Lipinski definition) is 1. The number of carbonyl (C=O) groups is 3. The molecule has 2 aliphatic rings. The van der Waals surface area contributed by atoms with E-state index in [1.54, 1.807) is 13.8 Å². The van der Waals surface area contributed by atoms with Gasteiger partial charge in [0.05, 0.1) is 0 Å². The van der Waals surface area contributed by atoms with Crippen molar-refractivity contribution < 1.29 is 14.4 Å². The maximum Gasteiger partial charge on any atom is 0.325 e. The van der Waals surface area contributed by atoms with Crippen LogP contribution in [-0.2, 0) is 9.59 Å². The first-order chi connectivity index (χ1) is 9.81. The Morgan fingerprint density at radius 2 is 2.10 bits per heavy atom. The van der Waals surface area contributed by atoms with Gasteiger partial charge in [0.25, 0.3) is 5.91 Å². The van der Waals surface area contributed by atoms with Crippen LogP contribution in [0.3, 0.4) is 0 Å². The summed E-state index contributed by atoms with van der Waals surface area (Å²) in [5, 5.41) is 2.64. The van der Waals surface area contributed by atoms with Crippen LogP contribution in [0.5, 0.6) is 0 Å². The number of hydrogen-bond acceptors (Lipinski definition) is 3. The van der Waals surface area contributed by atoms with Gasteiger partial charge in [-0.1, -0.05) is 6.92 Å². The molecule has 0 aromatic carbocycles. The molecule has 1 unspecified atom stereocenters. The van der Waals surface area contributed by atoms with Gasteiger partial charge in [-0.15, -0.1) is 0 Å². The van der Waals surface area contributed by atoms with E-state index in [-0.39, 0.29) is 17.8 Å². The lowest BCUT2D eigenvalue weighted by Crippen LogP contribution is -2.41. The monoisotopic (exact) mass is 295 g/mol. The quantitative estimate of drug-likeness (QED) is 0.796. The molecule has 6 heteroatoms. The number of urea groups is 1. The molecule has 2 heterocycles. The fourth-order valence-electron chi connectivity index (χ4n) is 2.98. The first-order valence-corrected chi connectivity index (χ1v) is 7.73. The third kappa shape index (κ3) is 3.54. The zero-order valence-electron chi connectivity index (χ0n) is 13.1. The molecule has 118 valence electrons. The van der Waals surface area contributed by atoms with Gasteiger partial charge in [-0.2, -0.15) is 0 Å². The van der Waals surface area contributed by atoms with E-state index in [1.807, 2.05) is 4.90 Å². The van der Waals surface area contributed by atoms with Gasteiger partial charge < -0.3 is 10.2 Å². The van der Waals surface area contributed by atoms with Gasteiger partial charge in [-0.05, 0) is 39.0 Å². The highest BCUT2D eigenvalue weighted by molar-refractivity contribution is 6.06. The van der Waals surface area contributed by atoms with Crippen molar-refractivity contribution in [2.45, 2.75) is 52.0 Å². The SMILES string of the molecule is CC1CCCN(C(=O)CCCN2C(=O)NC(C)(C)C2=O)C1. The molecule has 2 rings (SSSR count). The standard InChI is InChI=1S/C15H25N3O3/c1-11-6-4-8-17(10-11)12(19)7-5-9-18-13(20)15(2,3)16-14(18)21/h11H,4-10H2,1-3H3,(H,16,21). The molecule has 21 heavy (non-hydrogen) atoms. The Morgan fingerprint density at radius 1 is 1.38 bits per heavy atom. The van der Waals surface area contributed by atoms with Crippen LogP contribution >= 0.6 is 0 Å². The van der Waals surface area contributed by atoms with Crippen LogP contribution in [-0.4, -0.2) is 52.8 Å². The van der Waals surface area contributed by atoms with Crippen LogP contribution in [0.4, 0.5) is 4.79 Å². The molecule has 6 nitrogen and oxygen atoms in total. The Balaban J connectivity index is 1.78. The highest BCUT2D eigenvalue weighted by Gasteiger charge is 2.43. The molecule has 0 aromatic heterocycles. The first kappa shape index (κ1) is 15.8. The largest absolute Gasteiger partial charge is 0.342 e. The fourth-order valence-corrected chi connectivity index (χ4v) is 2.98. The predicted octanol–water partition coefficient (Wildman–Crippen LogP) is 1.36. The summed E-state index contributed by atoms with van der Waals surface area (Å²) in [5.74, 6) is 0.480. The van der Waals surface area contributed by atoms with E-state index in [9.17, 15) is 14.4 Å². The molecule has 0 radical (unpaired) electrons. The first-order valence-electron chi connectivity index (χ1n) is 7.73. The topological polar surface area (TPSA) is 69.7 Å². The van der Waals surface area contributed by atoms with E-state index in [0.717, 1.165) is 19.5 Å². The molecule has 0 saturated carbocycles. The minimum Gasteiger partial charge on any atom is -0.342 e. The molecular formula is C15H25N3O3. The van der Waals surface area contributed by atoms with Crippen molar-refractivity contribution >= 4 is 17.8 Å². The van der Waals surface area contributed by atoms with Crippen molar-refractivity contribution in [1.29, 1.82) is 0 Å². The summed E-state index contributed by atoms with van der Waals surface area (Å²) in [6, 6.07) is -0.357. The minimum atomic E-state index is -0.830. The van der Waals surface area contributed by atoms with Gasteiger partial charge in [0.2, 0.25) is 5.91 Å². The lowest BCUT2D eigenvalue weighted by molar-refractivity contribution is -0.134. The molecule has 2 fully saturated rings. The van der Waals surface area contributed by atoms with Crippen LogP contribution in [0.2, 0.25) is 0 Å². The molecular weight excluding hydrogens is 270 g/mol. The maximum absolute atomic E-state index is 12.1. The number of rotatable bonds is 4. The summed E-state index contributed by atoms with van der Waals surface area (Å²) < 4.78 is 0. The normalized spacial score (nSPS) is 25.2. The van der Waals surface area contributed by atoms with E-state index >= 15 is 0 Å². The highest BCUT2D eigenvalue weighted by atomic mass is 16.2. The Hall–Kier alpha value is -1.59. The number of imide groups is 1. The van der Waals surface area contributed by atoms with E-state index in [4.69, 9.17) is 0 Å². The number of piperidine rings is 1. The molecule has 0 spiro atoms. The van der Waals surface area contributed by atoms with Crippen LogP contribution < -0.4 is 5.32 Å². The zero-order chi connectivity index (χ0) is 15.6. The second-order valence-electron chi connectivity index (χ2n) is 6.70. The van der Waals surface area contributed by atoms with Crippen molar-refractivity contribution in [2.75, 3.05) is 19.6 Å². The molecule has 0 aromatic rings. The van der Waals surface area contributed by atoms with Gasteiger partial charge in [0, 0.05) is 26.1 Å². The number of nitrogens with zero attached hydrogens (tertiary/aromatic N) is 2. The Kier molecular flexibility index (Phi) is 4.54. The van der Waals surface area contributed by atoms with E-state index in [0.29, 0.717) is 25.3 Å². The fraction of sp³-hybridized carbons (Fsp3) is 0.800. The molecule has 1 N–H and O–H groups in total. The Bertz CT molecular complexity index is 447. The van der Waals surface area contributed by atoms with E-state index in [2.05, 4.69) is 12.2 Å². The number of carbonyl (C=O) groups excluding carboxylic acids is 3. The summed E-state index contributed by atoms with van der Waals surface area (Å²) in [7, 11) is 0. The third-order valence-electron chi connectivity index (χ3n) is 4.23. The molecule has 1 atom stereocenters. The predicted molar refractivity (Wildman–Crippen MR) is 78.5 cm³/mol. The van der Waals surface area contributed by atoms with E-state index < -0.39 is 5.54 Å². The van der Waals surface area contributed by atoms with Gasteiger partial charge in [0.15, 0.2) is 0 Å². The molecule has 4 amide bonds. The van der Waals surface area contributed by atoms with Crippen molar-refractivity contribution in [3.63, 3.8) is 0 Å². The molecule has 0 aliphatic carbocycles. The van der Waals surface area contributed by atoms with Gasteiger partial charge in [-0.25, -0.2) is 4.79 Å². The minimum absolute atomic E-state index is 0.132. The maximum atomic E-state index is 12.1. The summed E-state index contributed by atoms with van der Waals surface area (Å²) in [6.45, 7) is 7.51. The molecule has 2 aliphatic heterocycles. The average Bonchev–Trinajstić information content (AvgIpc) is 2.60. The lowest BCUT2D eigenvalue weighted by Gasteiger charge is -2.31. The Labute approximate surface area is 125 Å². The number of nitrogens with one attached hydrogen (secondary N) is 1. The Morgan fingerprint density at radius 3 is 2.67 bits per heavy atom. The van der Waals surface area contributed by atoms with Gasteiger partial charge in [-0.3, -0.25) is 14.5 Å². The second-order valence-corrected chi connectivity index (χ2v) is 6.70. The van der Waals surface area contributed by atoms with Gasteiger partial charge >= 0.3 is 6.03 Å². The average molecular weight is 295 g/mol. The van der Waals surface area contributed by atoms with E-state index in [1.165, 1.54) is 11.3 Å². The summed E-state index contributed by atoms with van der Waals surface area (Å²) in [4.78, 5) is 39.0. The van der Waals surface area contributed by atoms with Crippen LogP contribution in [0, 0.1) is 5.92 Å². The lowest BCUT2D eigenvalue weighted by atomic mass is 10.00. The second kappa shape index (κ2) is 6.03. The van der Waals surface area contributed by atoms with Crippen molar-refractivity contribution in [3.8, 4) is 0 Å². The van der Waals surface area contributed by atoms with Crippen LogP contribution in [0.25, 0.3) is 0 Å². The van der Waals surface area contributed by atoms with Crippen LogP contribution in [0.1, 0.15) is 46.5 Å². The number of amides is 4. The van der Waals surface area contributed by atoms with Crippen molar-refractivity contribution in [2.24, 2.45) is 5.92 Å². The summed E-state index contributed by atoms with van der Waals surface area (Å²) >= 11 is 0.